The molecule has 0 aromatic carbocycles. The predicted molar refractivity (Wildman–Crippen MR) is 131 cm³/mol. The molecule has 1 heterocycles. The number of rotatable bonds is 6. The molecule has 0 radical (unpaired) electrons. The van der Waals surface area contributed by atoms with Crippen molar-refractivity contribution in [2.75, 3.05) is 6.61 Å². The summed E-state index contributed by atoms with van der Waals surface area (Å²) in [5, 5.41) is 46.9. The molecule has 0 amide bonds. The Morgan fingerprint density at radius 1 is 1.21 bits per heavy atom. The van der Waals surface area contributed by atoms with Crippen LogP contribution in [0.5, 0.6) is 0 Å². The molecule has 1 saturated heterocycles. The summed E-state index contributed by atoms with van der Waals surface area (Å²) >= 11 is 0. The van der Waals surface area contributed by atoms with E-state index in [1.807, 2.05) is 20.8 Å². The molecule has 3 saturated carbocycles. The van der Waals surface area contributed by atoms with Crippen molar-refractivity contribution in [1.82, 2.24) is 0 Å². The van der Waals surface area contributed by atoms with Gasteiger partial charge in [0.2, 0.25) is 0 Å². The number of aliphatic hydroxyl groups excluding tert-OH is 2. The van der Waals surface area contributed by atoms with Gasteiger partial charge in [0.15, 0.2) is 17.0 Å². The maximum Gasteiger partial charge on any atom is 0.309 e. The molecule has 4 fully saturated rings. The summed E-state index contributed by atoms with van der Waals surface area (Å²) in [5.41, 5.74) is -7.95. The molecule has 5 aliphatic rings. The first kappa shape index (κ1) is 27.7. The molecule has 0 bridgehead atoms. The van der Waals surface area contributed by atoms with E-state index in [9.17, 15) is 34.8 Å². The maximum absolute atomic E-state index is 13.4. The van der Waals surface area contributed by atoms with E-state index in [4.69, 9.17) is 14.2 Å². The number of ketones is 1. The number of aliphatic hydroxyl groups is 4. The van der Waals surface area contributed by atoms with Crippen LogP contribution in [0.1, 0.15) is 61.3 Å². The molecule has 4 N–H and O–H groups in total. The third-order valence-corrected chi connectivity index (χ3v) is 10.8. The molecule has 10 heteroatoms. The van der Waals surface area contributed by atoms with E-state index in [0.717, 1.165) is 0 Å². The van der Waals surface area contributed by atoms with Crippen molar-refractivity contribution >= 4 is 17.7 Å². The number of ether oxygens (including phenoxy) is 3. The molecule has 12 atom stereocenters. The summed E-state index contributed by atoms with van der Waals surface area (Å²) in [6.07, 6.45) is -1.82. The van der Waals surface area contributed by atoms with Crippen molar-refractivity contribution in [2.24, 2.45) is 35.0 Å². The summed E-state index contributed by atoms with van der Waals surface area (Å²) in [7, 11) is 0. The van der Waals surface area contributed by atoms with Crippen molar-refractivity contribution < 1.29 is 49.0 Å². The molecule has 0 spiro atoms. The van der Waals surface area contributed by atoms with Gasteiger partial charge in [0.1, 0.15) is 17.8 Å². The zero-order valence-corrected chi connectivity index (χ0v) is 23.1. The highest BCUT2D eigenvalue weighted by Gasteiger charge is 2.92. The molecular formula is C28H40O10. The van der Waals surface area contributed by atoms with Gasteiger partial charge in [-0.25, -0.2) is 0 Å². The fourth-order valence-electron chi connectivity index (χ4n) is 8.34. The zero-order valence-electron chi connectivity index (χ0n) is 23.1. The van der Waals surface area contributed by atoms with Crippen LogP contribution in [0, 0.1) is 35.0 Å². The van der Waals surface area contributed by atoms with Crippen LogP contribution in [0.25, 0.3) is 0 Å². The first-order valence-corrected chi connectivity index (χ1v) is 13.7. The molecular weight excluding hydrogens is 496 g/mol. The van der Waals surface area contributed by atoms with E-state index in [0.29, 0.717) is 6.42 Å². The van der Waals surface area contributed by atoms with Gasteiger partial charge in [0.25, 0.3) is 0 Å². The summed E-state index contributed by atoms with van der Waals surface area (Å²) in [6.45, 7) is 11.4. The fraction of sp³-hybridized carbons (Fsp3) is 0.821. The predicted octanol–water partition coefficient (Wildman–Crippen LogP) is 0.670. The second-order valence-electron chi connectivity index (χ2n) is 12.7. The number of epoxide rings is 1. The lowest BCUT2D eigenvalue weighted by Gasteiger charge is -2.54. The van der Waals surface area contributed by atoms with E-state index >= 15 is 0 Å². The molecule has 12 unspecified atom stereocenters. The monoisotopic (exact) mass is 536 g/mol. The average molecular weight is 537 g/mol. The minimum atomic E-state index is -2.24. The van der Waals surface area contributed by atoms with Crippen molar-refractivity contribution in [3.05, 3.63) is 11.6 Å². The molecule has 0 aromatic rings. The van der Waals surface area contributed by atoms with Crippen molar-refractivity contribution in [3.8, 4) is 0 Å². The van der Waals surface area contributed by atoms with Gasteiger partial charge in [0, 0.05) is 35.5 Å². The summed E-state index contributed by atoms with van der Waals surface area (Å²) in [6, 6.07) is 0. The largest absolute Gasteiger partial charge is 0.458 e. The van der Waals surface area contributed by atoms with Crippen LogP contribution in [0.2, 0.25) is 0 Å². The summed E-state index contributed by atoms with van der Waals surface area (Å²) < 4.78 is 18.0. The van der Waals surface area contributed by atoms with Crippen LogP contribution in [0.3, 0.4) is 0 Å². The molecule has 1 aliphatic heterocycles. The van der Waals surface area contributed by atoms with Gasteiger partial charge in [0.05, 0.1) is 24.2 Å². The molecule has 0 aromatic heterocycles. The summed E-state index contributed by atoms with van der Waals surface area (Å²) in [4.78, 5) is 39.3. The first-order chi connectivity index (χ1) is 17.6. The Labute approximate surface area is 222 Å². The maximum atomic E-state index is 13.4. The highest BCUT2D eigenvalue weighted by Crippen LogP contribution is 2.79. The Kier molecular flexibility index (Phi) is 5.90. The molecule has 5 rings (SSSR count). The lowest BCUT2D eigenvalue weighted by Crippen LogP contribution is -2.69. The quantitative estimate of drug-likeness (QED) is 0.280. The van der Waals surface area contributed by atoms with Gasteiger partial charge in [-0.15, -0.1) is 0 Å². The van der Waals surface area contributed by atoms with Crippen molar-refractivity contribution in [1.29, 1.82) is 0 Å². The second-order valence-corrected chi connectivity index (χ2v) is 12.7. The van der Waals surface area contributed by atoms with Crippen LogP contribution >= 0.6 is 0 Å². The van der Waals surface area contributed by atoms with Crippen LogP contribution in [-0.4, -0.2) is 85.5 Å². The Balaban J connectivity index is 1.74. The lowest BCUT2D eigenvalue weighted by atomic mass is 9.58. The average Bonchev–Trinajstić information content (AvgIpc) is 3.72. The fourth-order valence-corrected chi connectivity index (χ4v) is 8.34. The van der Waals surface area contributed by atoms with Gasteiger partial charge in [-0.2, -0.15) is 0 Å². The standard InChI is InChI=1S/C28H40O10/c1-8-12(3)22(33)37-28-18(24(28,6)7)17-20(32)25(11-29)23(38-25)27(35)15(10-13(4)19(27)31)26(17,34)14(5)21(28)36-16(30)9-2/h10,12,14-15,17-18,20-21,23,29,32,34-35H,8-9,11H2,1-7H3. The number of hydrogen-bond acceptors (Lipinski definition) is 10. The van der Waals surface area contributed by atoms with Gasteiger partial charge >= 0.3 is 11.9 Å². The lowest BCUT2D eigenvalue weighted by molar-refractivity contribution is -0.251. The zero-order chi connectivity index (χ0) is 28.4. The van der Waals surface area contributed by atoms with Gasteiger partial charge in [-0.3, -0.25) is 14.4 Å². The Bertz CT molecular complexity index is 1110. The molecule has 10 nitrogen and oxygen atoms in total. The Morgan fingerprint density at radius 3 is 2.39 bits per heavy atom. The van der Waals surface area contributed by atoms with Crippen LogP contribution in [0.4, 0.5) is 0 Å². The molecule has 212 valence electrons. The van der Waals surface area contributed by atoms with Gasteiger partial charge < -0.3 is 34.6 Å². The SMILES string of the molecule is CCC(=O)OC1C(C)C2(O)C(C(O)C3(CO)OC3C3(O)C(=O)C(C)=CC32)C2C(C)(C)C12OC(=O)C(C)CC. The smallest absolute Gasteiger partial charge is 0.309 e. The Hall–Kier alpha value is -1.85. The van der Waals surface area contributed by atoms with Crippen LogP contribution in [-0.2, 0) is 28.6 Å². The van der Waals surface area contributed by atoms with Gasteiger partial charge in [-0.1, -0.05) is 47.6 Å². The normalized spacial score (nSPS) is 50.3. The van der Waals surface area contributed by atoms with E-state index in [2.05, 4.69) is 0 Å². The van der Waals surface area contributed by atoms with E-state index in [-0.39, 0.29) is 12.0 Å². The number of fused-ring (bicyclic) bond motifs is 7. The Morgan fingerprint density at radius 2 is 1.84 bits per heavy atom. The van der Waals surface area contributed by atoms with Gasteiger partial charge in [-0.05, 0) is 18.9 Å². The summed E-state index contributed by atoms with van der Waals surface area (Å²) in [5.74, 6) is -6.17. The minimum Gasteiger partial charge on any atom is -0.458 e. The van der Waals surface area contributed by atoms with Crippen LogP contribution < -0.4 is 0 Å². The highest BCUT2D eigenvalue weighted by molar-refractivity contribution is 6.05. The van der Waals surface area contributed by atoms with E-state index in [1.54, 1.807) is 20.8 Å². The molecule has 4 aliphatic carbocycles. The molecule has 38 heavy (non-hydrogen) atoms. The topological polar surface area (TPSA) is 163 Å². The first-order valence-electron chi connectivity index (χ1n) is 13.7. The number of Topliss-reactive ketones (excluding diaryl/α,β-unsaturated/α-hetero) is 1. The van der Waals surface area contributed by atoms with Crippen molar-refractivity contribution in [2.45, 2.75) is 102 Å². The van der Waals surface area contributed by atoms with E-state index in [1.165, 1.54) is 13.0 Å². The van der Waals surface area contributed by atoms with E-state index < -0.39 is 100 Å². The number of hydrogen-bond donors (Lipinski definition) is 4. The second kappa shape index (κ2) is 8.10. The van der Waals surface area contributed by atoms with Crippen molar-refractivity contribution in [3.63, 3.8) is 0 Å². The number of esters is 2. The third-order valence-electron chi connectivity index (χ3n) is 10.8. The van der Waals surface area contributed by atoms with Crippen LogP contribution in [0.15, 0.2) is 11.6 Å². The number of carbonyl (C=O) groups excluding carboxylic acids is 3. The minimum absolute atomic E-state index is 0.0442. The highest BCUT2D eigenvalue weighted by atomic mass is 16.7. The third kappa shape index (κ3) is 2.88. The number of carbonyl (C=O) groups is 3.